The Kier molecular flexibility index (Phi) is 4.09. The molecule has 2 rings (SSSR count). The highest BCUT2D eigenvalue weighted by atomic mass is 35.5. The van der Waals surface area contributed by atoms with Gasteiger partial charge in [-0.3, -0.25) is 0 Å². The maximum atomic E-state index is 12.8. The minimum absolute atomic E-state index is 0.0137. The summed E-state index contributed by atoms with van der Waals surface area (Å²) in [5, 5.41) is 11.2. The Morgan fingerprint density at radius 1 is 1.05 bits per heavy atom. The predicted molar refractivity (Wildman–Crippen MR) is 73.1 cm³/mol. The molecule has 0 heterocycles. The third-order valence-corrected chi connectivity index (χ3v) is 3.14. The zero-order chi connectivity index (χ0) is 15.6. The van der Waals surface area contributed by atoms with Gasteiger partial charge in [0.15, 0.2) is 0 Å². The summed E-state index contributed by atoms with van der Waals surface area (Å²) in [6.07, 6.45) is -4.58. The van der Waals surface area contributed by atoms with Crippen molar-refractivity contribution in [3.8, 4) is 0 Å². The van der Waals surface area contributed by atoms with E-state index in [1.807, 2.05) is 0 Å². The minimum atomic E-state index is -4.58. The van der Waals surface area contributed by atoms with E-state index in [-0.39, 0.29) is 16.9 Å². The summed E-state index contributed by atoms with van der Waals surface area (Å²) < 4.78 is 38.3. The van der Waals surface area contributed by atoms with Gasteiger partial charge in [-0.05, 0) is 24.3 Å². The Morgan fingerprint density at radius 3 is 2.29 bits per heavy atom. The lowest BCUT2D eigenvalue weighted by molar-refractivity contribution is -0.137. The third kappa shape index (κ3) is 3.28. The molecule has 0 unspecified atom stereocenters. The Hall–Kier alpha value is -2.21. The standard InChI is InChI=1S/C14H9ClF3NO2/c15-12-9(14(16,17)18)5-3-7-11(12)19-10-6-2-1-4-8(10)13(20)21/h1-7,19H,(H,20,21). The fourth-order valence-electron chi connectivity index (χ4n) is 1.77. The number of carbonyl (C=O) groups is 1. The van der Waals surface area contributed by atoms with Crippen LogP contribution >= 0.6 is 11.6 Å². The van der Waals surface area contributed by atoms with E-state index in [2.05, 4.69) is 5.32 Å². The zero-order valence-electron chi connectivity index (χ0n) is 10.4. The lowest BCUT2D eigenvalue weighted by Gasteiger charge is -2.15. The van der Waals surface area contributed by atoms with Gasteiger partial charge in [0.1, 0.15) is 0 Å². The molecule has 21 heavy (non-hydrogen) atoms. The Balaban J connectivity index is 2.44. The summed E-state index contributed by atoms with van der Waals surface area (Å²) in [5.41, 5.74) is -0.903. The van der Waals surface area contributed by atoms with Gasteiger partial charge < -0.3 is 10.4 Å². The van der Waals surface area contributed by atoms with Gasteiger partial charge in [0.05, 0.1) is 27.5 Å². The number of anilines is 2. The summed E-state index contributed by atoms with van der Waals surface area (Å²) >= 11 is 5.75. The average Bonchev–Trinajstić information content (AvgIpc) is 2.40. The largest absolute Gasteiger partial charge is 0.478 e. The molecule has 0 atom stereocenters. The van der Waals surface area contributed by atoms with Crippen LogP contribution in [0, 0.1) is 0 Å². The first-order valence-corrected chi connectivity index (χ1v) is 6.13. The number of hydrogen-bond acceptors (Lipinski definition) is 2. The molecule has 0 aliphatic carbocycles. The molecule has 3 nitrogen and oxygen atoms in total. The Morgan fingerprint density at radius 2 is 1.67 bits per heavy atom. The number of benzene rings is 2. The van der Waals surface area contributed by atoms with Gasteiger partial charge in [0.2, 0.25) is 0 Å². The molecule has 0 aliphatic rings. The maximum Gasteiger partial charge on any atom is 0.417 e. The molecule has 2 aromatic rings. The lowest BCUT2D eigenvalue weighted by Crippen LogP contribution is -2.08. The first-order valence-electron chi connectivity index (χ1n) is 5.76. The molecule has 0 amide bonds. The molecule has 0 radical (unpaired) electrons. The molecular formula is C14H9ClF3NO2. The van der Waals surface area contributed by atoms with E-state index in [4.69, 9.17) is 16.7 Å². The fraction of sp³-hybridized carbons (Fsp3) is 0.0714. The summed E-state index contributed by atoms with van der Waals surface area (Å²) in [4.78, 5) is 11.1. The molecule has 0 saturated heterocycles. The SMILES string of the molecule is O=C(O)c1ccccc1Nc1cccc(C(F)(F)F)c1Cl. The van der Waals surface area contributed by atoms with Crippen LogP contribution in [0.15, 0.2) is 42.5 Å². The fourth-order valence-corrected chi connectivity index (χ4v) is 2.05. The van der Waals surface area contributed by atoms with Crippen LogP contribution in [0.5, 0.6) is 0 Å². The van der Waals surface area contributed by atoms with E-state index in [1.165, 1.54) is 30.3 Å². The number of aromatic carboxylic acids is 1. The zero-order valence-corrected chi connectivity index (χ0v) is 11.2. The minimum Gasteiger partial charge on any atom is -0.478 e. The number of carboxylic acid groups (broad SMARTS) is 1. The highest BCUT2D eigenvalue weighted by molar-refractivity contribution is 6.34. The van der Waals surface area contributed by atoms with Gasteiger partial charge in [-0.15, -0.1) is 0 Å². The molecule has 110 valence electrons. The summed E-state index contributed by atoms with van der Waals surface area (Å²) in [6, 6.07) is 9.26. The first kappa shape index (κ1) is 15.2. The van der Waals surface area contributed by atoms with Crippen LogP contribution in [0.4, 0.5) is 24.5 Å². The number of rotatable bonds is 3. The molecule has 0 aliphatic heterocycles. The van der Waals surface area contributed by atoms with Crippen molar-refractivity contribution in [3.05, 3.63) is 58.6 Å². The van der Waals surface area contributed by atoms with Crippen molar-refractivity contribution in [2.45, 2.75) is 6.18 Å². The number of para-hydroxylation sites is 1. The normalized spacial score (nSPS) is 11.2. The van der Waals surface area contributed by atoms with E-state index < -0.39 is 22.7 Å². The van der Waals surface area contributed by atoms with Crippen LogP contribution in [-0.2, 0) is 6.18 Å². The van der Waals surface area contributed by atoms with Gasteiger partial charge in [-0.2, -0.15) is 13.2 Å². The second-order valence-electron chi connectivity index (χ2n) is 4.14. The van der Waals surface area contributed by atoms with Crippen molar-refractivity contribution in [2.24, 2.45) is 0 Å². The second kappa shape index (κ2) is 5.65. The van der Waals surface area contributed by atoms with Crippen molar-refractivity contribution in [3.63, 3.8) is 0 Å². The van der Waals surface area contributed by atoms with Gasteiger partial charge in [0, 0.05) is 0 Å². The van der Waals surface area contributed by atoms with Crippen LogP contribution in [0.2, 0.25) is 5.02 Å². The highest BCUT2D eigenvalue weighted by Crippen LogP contribution is 2.39. The van der Waals surface area contributed by atoms with Gasteiger partial charge in [0.25, 0.3) is 0 Å². The van der Waals surface area contributed by atoms with E-state index >= 15 is 0 Å². The smallest absolute Gasteiger partial charge is 0.417 e. The van der Waals surface area contributed by atoms with E-state index in [9.17, 15) is 18.0 Å². The van der Waals surface area contributed by atoms with Crippen molar-refractivity contribution in [1.82, 2.24) is 0 Å². The maximum absolute atomic E-state index is 12.8. The van der Waals surface area contributed by atoms with Gasteiger partial charge >= 0.3 is 12.1 Å². The lowest BCUT2D eigenvalue weighted by atomic mass is 10.1. The average molecular weight is 316 g/mol. The number of hydrogen-bond donors (Lipinski definition) is 2. The Bertz CT molecular complexity index is 686. The number of halogens is 4. The number of carboxylic acids is 1. The summed E-state index contributed by atoms with van der Waals surface area (Å²) in [6.45, 7) is 0. The second-order valence-corrected chi connectivity index (χ2v) is 4.52. The molecule has 0 bridgehead atoms. The van der Waals surface area contributed by atoms with Crippen LogP contribution in [-0.4, -0.2) is 11.1 Å². The predicted octanol–water partition coefficient (Wildman–Crippen LogP) is 4.80. The summed E-state index contributed by atoms with van der Waals surface area (Å²) in [5.74, 6) is -1.19. The number of alkyl halides is 3. The molecule has 2 aromatic carbocycles. The molecule has 7 heteroatoms. The van der Waals surface area contributed by atoms with Crippen LogP contribution in [0.25, 0.3) is 0 Å². The van der Waals surface area contributed by atoms with Gasteiger partial charge in [-0.25, -0.2) is 4.79 Å². The van der Waals surface area contributed by atoms with Crippen LogP contribution in [0.1, 0.15) is 15.9 Å². The summed E-state index contributed by atoms with van der Waals surface area (Å²) in [7, 11) is 0. The molecular weight excluding hydrogens is 307 g/mol. The monoisotopic (exact) mass is 315 g/mol. The van der Waals surface area contributed by atoms with Crippen molar-refractivity contribution in [1.29, 1.82) is 0 Å². The molecule has 0 aromatic heterocycles. The van der Waals surface area contributed by atoms with Crippen LogP contribution < -0.4 is 5.32 Å². The van der Waals surface area contributed by atoms with E-state index in [0.29, 0.717) is 0 Å². The van der Waals surface area contributed by atoms with Crippen molar-refractivity contribution in [2.75, 3.05) is 5.32 Å². The molecule has 2 N–H and O–H groups in total. The number of nitrogens with one attached hydrogen (secondary N) is 1. The Labute approximate surface area is 123 Å². The van der Waals surface area contributed by atoms with E-state index in [0.717, 1.165) is 6.07 Å². The highest BCUT2D eigenvalue weighted by Gasteiger charge is 2.34. The topological polar surface area (TPSA) is 49.3 Å². The molecule has 0 fully saturated rings. The quantitative estimate of drug-likeness (QED) is 0.855. The van der Waals surface area contributed by atoms with Gasteiger partial charge in [-0.1, -0.05) is 29.8 Å². The first-order chi connectivity index (χ1) is 9.80. The van der Waals surface area contributed by atoms with Crippen LogP contribution in [0.3, 0.4) is 0 Å². The van der Waals surface area contributed by atoms with E-state index in [1.54, 1.807) is 6.07 Å². The van der Waals surface area contributed by atoms with Crippen molar-refractivity contribution >= 4 is 28.9 Å². The molecule has 0 spiro atoms. The molecule has 0 saturated carbocycles. The van der Waals surface area contributed by atoms with Crippen molar-refractivity contribution < 1.29 is 23.1 Å². The third-order valence-electron chi connectivity index (χ3n) is 2.73.